The van der Waals surface area contributed by atoms with E-state index in [4.69, 9.17) is 41.3 Å². The molecule has 15 heteroatoms. The number of halogens is 1. The molecule has 0 bridgehead atoms. The van der Waals surface area contributed by atoms with Crippen LogP contribution in [-0.4, -0.2) is 104 Å². The summed E-state index contributed by atoms with van der Waals surface area (Å²) < 4.78 is 25.0. The fourth-order valence-corrected chi connectivity index (χ4v) is 9.57. The fourth-order valence-electron chi connectivity index (χ4n) is 9.31. The molecule has 334 valence electrons. The third-order valence-electron chi connectivity index (χ3n) is 12.8. The summed E-state index contributed by atoms with van der Waals surface area (Å²) in [7, 11) is 0. The monoisotopic (exact) mass is 887 g/mol. The Kier molecular flexibility index (Phi) is 12.8. The Morgan fingerprint density at radius 2 is 1.80 bits per heavy atom. The van der Waals surface area contributed by atoms with Crippen molar-refractivity contribution >= 4 is 45.5 Å². The van der Waals surface area contributed by atoms with Gasteiger partial charge in [-0.15, -0.1) is 0 Å². The Labute approximate surface area is 376 Å². The normalized spacial score (nSPS) is 20.1. The highest BCUT2D eigenvalue weighted by molar-refractivity contribution is 6.33. The molecular formula is C49H54ClN7O7. The van der Waals surface area contributed by atoms with Gasteiger partial charge in [0, 0.05) is 53.5 Å². The minimum atomic E-state index is -0.664. The van der Waals surface area contributed by atoms with Gasteiger partial charge in [-0.3, -0.25) is 29.0 Å². The molecule has 9 rings (SSSR count). The molecule has 0 saturated carbocycles. The first kappa shape index (κ1) is 43.6. The number of carbonyl (C=O) groups is 2. The number of nitrogens with one attached hydrogen (secondary N) is 1. The summed E-state index contributed by atoms with van der Waals surface area (Å²) in [6, 6.07) is 16.2. The predicted octanol–water partition coefficient (Wildman–Crippen LogP) is 7.60. The lowest BCUT2D eigenvalue weighted by molar-refractivity contribution is -0.122. The number of ether oxygens (including phenoxy) is 4. The molecule has 4 aromatic heterocycles. The Hall–Kier alpha value is -5.64. The molecule has 1 unspecified atom stereocenters. The molecule has 2 aromatic carbocycles. The Morgan fingerprint density at radius 3 is 2.61 bits per heavy atom. The minimum Gasteiger partial charge on any atom is -0.494 e. The number of primary amides is 1. The number of aryl methyl sites for hydroxylation is 1. The van der Waals surface area contributed by atoms with Crippen molar-refractivity contribution in [2.24, 2.45) is 11.7 Å². The first-order chi connectivity index (χ1) is 31.0. The average molecular weight is 888 g/mol. The van der Waals surface area contributed by atoms with Crippen LogP contribution in [0.4, 0.5) is 0 Å². The van der Waals surface area contributed by atoms with Gasteiger partial charge in [-0.1, -0.05) is 55.6 Å². The molecule has 14 nitrogen and oxygen atoms in total. The van der Waals surface area contributed by atoms with Crippen molar-refractivity contribution in [3.8, 4) is 34.1 Å². The van der Waals surface area contributed by atoms with Gasteiger partial charge >= 0.3 is 0 Å². The molecule has 0 radical (unpaired) electrons. The van der Waals surface area contributed by atoms with Crippen molar-refractivity contribution in [2.45, 2.75) is 89.8 Å². The van der Waals surface area contributed by atoms with Gasteiger partial charge in [-0.25, -0.2) is 4.98 Å². The van der Waals surface area contributed by atoms with E-state index in [1.165, 1.54) is 11.1 Å². The van der Waals surface area contributed by atoms with E-state index in [2.05, 4.69) is 44.6 Å². The molecule has 1 amide bonds. The number of rotatable bonds is 17. The zero-order valence-corrected chi connectivity index (χ0v) is 37.0. The van der Waals surface area contributed by atoms with Gasteiger partial charge in [-0.2, -0.15) is 4.98 Å². The number of pyridine rings is 2. The van der Waals surface area contributed by atoms with E-state index in [-0.39, 0.29) is 36.5 Å². The number of aliphatic hydroxyl groups excluding tert-OH is 1. The molecule has 7 heterocycles. The minimum absolute atomic E-state index is 0.119. The Morgan fingerprint density at radius 1 is 1.00 bits per heavy atom. The van der Waals surface area contributed by atoms with Crippen molar-refractivity contribution in [3.63, 3.8) is 0 Å². The molecular weight excluding hydrogens is 834 g/mol. The quantitative estimate of drug-likeness (QED) is 0.0606. The van der Waals surface area contributed by atoms with Crippen LogP contribution in [0.15, 0.2) is 79.3 Å². The number of fused-ring (bicyclic) bond motifs is 4. The number of aliphatic hydroxyl groups is 1. The smallest absolute Gasteiger partial charge is 0.296 e. The number of nitrogens with zero attached hydrogens (tertiary/aromatic N) is 5. The van der Waals surface area contributed by atoms with Crippen LogP contribution in [-0.2, 0) is 27.2 Å². The number of carbonyl (C=O) groups excluding carboxylic acids is 2. The van der Waals surface area contributed by atoms with E-state index in [0.717, 1.165) is 91.3 Å². The number of unbranched alkanes of at least 4 members (excludes halogenated alkanes) is 3. The first-order valence-electron chi connectivity index (χ1n) is 22.2. The fraction of sp³-hybridized carbons (Fsp3) is 0.408. The van der Waals surface area contributed by atoms with Gasteiger partial charge in [-0.05, 0) is 98.7 Å². The van der Waals surface area contributed by atoms with E-state index >= 15 is 0 Å². The van der Waals surface area contributed by atoms with Gasteiger partial charge in [0.1, 0.15) is 29.6 Å². The second kappa shape index (κ2) is 18.8. The number of amides is 1. The van der Waals surface area contributed by atoms with Gasteiger partial charge in [0.05, 0.1) is 42.3 Å². The third kappa shape index (κ3) is 9.15. The standard InChI is InChI=1S/C49H54ClN7O7/c1-28(2)48(60)57-24-29(3)42-36(22-52-23-39(42)57)33-9-10-34-25-56(18-15-32(34)20-33)17-7-5-4-6-8-31(46(51)59)16-19-61-35-13-11-30(12-14-35)43-37(50)21-38-47(54-43)55-49(53-38)64-41-27-63-44-40(58)26-62-45(41)44/h9-14,20-24,31,40-41,44-45,58H,1,4-8,15-19,25-27H2,2-3H3,(H2,51,59)(H,53,54,55)/t31?,40-,41-,44-,45-/m1/s1. The Bertz CT molecular complexity index is 2700. The van der Waals surface area contributed by atoms with Crippen LogP contribution >= 0.6 is 11.6 Å². The number of imidazole rings is 1. The highest BCUT2D eigenvalue weighted by Gasteiger charge is 2.48. The molecule has 5 atom stereocenters. The van der Waals surface area contributed by atoms with E-state index < -0.39 is 18.3 Å². The molecule has 3 aliphatic rings. The van der Waals surface area contributed by atoms with E-state index in [1.54, 1.807) is 23.8 Å². The number of benzene rings is 2. The van der Waals surface area contributed by atoms with Crippen molar-refractivity contribution < 1.29 is 33.6 Å². The molecule has 2 saturated heterocycles. The molecule has 3 aliphatic heterocycles. The second-order valence-corrected chi connectivity index (χ2v) is 17.8. The first-order valence-corrected chi connectivity index (χ1v) is 22.6. The lowest BCUT2D eigenvalue weighted by atomic mass is 9.93. The number of aromatic amines is 1. The SMILES string of the molecule is C=C(C)C(=O)n1cc(C)c2c(-c3ccc4c(c3)CCN(CCCCCCC(CCOc3ccc(-c5nc6[nH]c(O[C@@H]7CO[C@H]8[C@@H]7OC[C@H]8O)nc6cc5Cl)cc3)C(N)=O)C4)cncc21. The van der Waals surface area contributed by atoms with Gasteiger partial charge in [0.25, 0.3) is 11.9 Å². The van der Waals surface area contributed by atoms with Crippen LogP contribution in [0.25, 0.3) is 44.5 Å². The number of allylic oxidation sites excluding steroid dienone is 1. The van der Waals surface area contributed by atoms with Gasteiger partial charge in [0.15, 0.2) is 11.8 Å². The topological polar surface area (TPSA) is 180 Å². The molecule has 2 fully saturated rings. The molecule has 0 aliphatic carbocycles. The highest BCUT2D eigenvalue weighted by atomic mass is 35.5. The highest BCUT2D eigenvalue weighted by Crippen LogP contribution is 2.35. The van der Waals surface area contributed by atoms with Gasteiger partial charge < -0.3 is 29.8 Å². The maximum atomic E-state index is 12.8. The molecule has 0 spiro atoms. The van der Waals surface area contributed by atoms with E-state index in [1.807, 2.05) is 43.6 Å². The number of nitrogens with two attached hydrogens (primary N) is 1. The number of hydrogen-bond donors (Lipinski definition) is 3. The summed E-state index contributed by atoms with van der Waals surface area (Å²) in [6.45, 7) is 11.5. The lowest BCUT2D eigenvalue weighted by Crippen LogP contribution is -2.34. The van der Waals surface area contributed by atoms with E-state index in [0.29, 0.717) is 52.8 Å². The van der Waals surface area contributed by atoms with Crippen molar-refractivity contribution in [1.29, 1.82) is 0 Å². The van der Waals surface area contributed by atoms with Crippen molar-refractivity contribution in [1.82, 2.24) is 29.4 Å². The summed E-state index contributed by atoms with van der Waals surface area (Å²) >= 11 is 6.65. The van der Waals surface area contributed by atoms with Crippen LogP contribution in [0.1, 0.15) is 66.9 Å². The van der Waals surface area contributed by atoms with Crippen LogP contribution in [0.5, 0.6) is 11.8 Å². The van der Waals surface area contributed by atoms with Crippen LogP contribution in [0, 0.1) is 12.8 Å². The summed E-state index contributed by atoms with van der Waals surface area (Å²) in [5, 5.41) is 11.5. The maximum absolute atomic E-state index is 12.8. The summed E-state index contributed by atoms with van der Waals surface area (Å²) in [5.41, 5.74) is 15.5. The largest absolute Gasteiger partial charge is 0.494 e. The number of hydrogen-bond acceptors (Lipinski definition) is 11. The average Bonchev–Trinajstić information content (AvgIpc) is 4.07. The van der Waals surface area contributed by atoms with E-state index in [9.17, 15) is 14.7 Å². The number of H-pyrrole nitrogens is 1. The maximum Gasteiger partial charge on any atom is 0.296 e. The van der Waals surface area contributed by atoms with Crippen molar-refractivity contribution in [3.05, 3.63) is 101 Å². The summed E-state index contributed by atoms with van der Waals surface area (Å²) in [4.78, 5) is 44.5. The van der Waals surface area contributed by atoms with Crippen LogP contribution < -0.4 is 15.2 Å². The third-order valence-corrected chi connectivity index (χ3v) is 13.1. The Balaban J connectivity index is 0.701. The summed E-state index contributed by atoms with van der Waals surface area (Å²) in [6.07, 6.45) is 10.2. The van der Waals surface area contributed by atoms with Gasteiger partial charge in [0.2, 0.25) is 5.91 Å². The molecule has 4 N–H and O–H groups in total. The van der Waals surface area contributed by atoms with Crippen LogP contribution in [0.2, 0.25) is 5.02 Å². The number of aromatic nitrogens is 5. The zero-order valence-electron chi connectivity index (χ0n) is 36.2. The van der Waals surface area contributed by atoms with Crippen molar-refractivity contribution in [2.75, 3.05) is 32.9 Å². The molecule has 6 aromatic rings. The summed E-state index contributed by atoms with van der Waals surface area (Å²) in [5.74, 6) is 0.0218. The predicted molar refractivity (Wildman–Crippen MR) is 244 cm³/mol. The second-order valence-electron chi connectivity index (χ2n) is 17.4. The van der Waals surface area contributed by atoms with Crippen LogP contribution in [0.3, 0.4) is 0 Å². The lowest BCUT2D eigenvalue weighted by Gasteiger charge is -2.29. The molecule has 64 heavy (non-hydrogen) atoms. The zero-order chi connectivity index (χ0) is 44.5.